The molecular formula is C19H21ClN4O4. The zero-order valence-corrected chi connectivity index (χ0v) is 16.8. The van der Waals surface area contributed by atoms with Gasteiger partial charge in [0.05, 0.1) is 31.0 Å². The number of amides is 3. The third-order valence-electron chi connectivity index (χ3n) is 4.16. The van der Waals surface area contributed by atoms with Gasteiger partial charge in [-0.15, -0.1) is 0 Å². The Balaban J connectivity index is 1.83. The Morgan fingerprint density at radius 3 is 2.79 bits per heavy atom. The molecule has 3 rings (SSSR count). The number of hydrogen-bond donors (Lipinski definition) is 1. The molecule has 1 N–H and O–H groups in total. The van der Waals surface area contributed by atoms with Crippen molar-refractivity contribution in [1.29, 1.82) is 0 Å². The maximum absolute atomic E-state index is 13.2. The fraction of sp³-hybridized carbons (Fsp3) is 0.316. The van der Waals surface area contributed by atoms with Gasteiger partial charge in [-0.05, 0) is 39.0 Å². The van der Waals surface area contributed by atoms with Crippen LogP contribution in [-0.2, 0) is 6.54 Å². The molecule has 0 saturated carbocycles. The molecule has 0 fully saturated rings. The minimum atomic E-state index is -0.695. The molecule has 148 valence electrons. The summed E-state index contributed by atoms with van der Waals surface area (Å²) in [5, 5.41) is 5.44. The maximum Gasteiger partial charge on any atom is 0.340 e. The number of urea groups is 1. The molecule has 0 spiro atoms. The van der Waals surface area contributed by atoms with Crippen molar-refractivity contribution >= 4 is 29.6 Å². The van der Waals surface area contributed by atoms with Crippen LogP contribution in [0.25, 0.3) is 6.08 Å². The number of carbonyl (C=O) groups excluding carboxylic acids is 2. The molecular weight excluding hydrogens is 384 g/mol. The lowest BCUT2D eigenvalue weighted by atomic mass is 10.1. The number of hydrazine groups is 1. The Labute approximate surface area is 167 Å². The van der Waals surface area contributed by atoms with Gasteiger partial charge in [-0.1, -0.05) is 16.8 Å². The molecule has 1 aliphatic heterocycles. The first-order valence-corrected chi connectivity index (χ1v) is 8.95. The zero-order chi connectivity index (χ0) is 20.5. The third-order valence-corrected chi connectivity index (χ3v) is 4.39. The smallest absolute Gasteiger partial charge is 0.340 e. The lowest BCUT2D eigenvalue weighted by Gasteiger charge is -2.37. The number of benzene rings is 1. The molecule has 2 heterocycles. The van der Waals surface area contributed by atoms with E-state index in [0.29, 0.717) is 16.5 Å². The summed E-state index contributed by atoms with van der Waals surface area (Å²) in [5.41, 5.74) is 3.07. The Morgan fingerprint density at radius 2 is 2.11 bits per heavy atom. The second-order valence-corrected chi connectivity index (χ2v) is 7.67. The van der Waals surface area contributed by atoms with E-state index in [4.69, 9.17) is 20.9 Å². The fourth-order valence-electron chi connectivity index (χ4n) is 2.70. The van der Waals surface area contributed by atoms with Crippen LogP contribution in [0.15, 0.2) is 35.1 Å². The lowest BCUT2D eigenvalue weighted by Crippen LogP contribution is -2.58. The van der Waals surface area contributed by atoms with Crippen molar-refractivity contribution in [3.63, 3.8) is 0 Å². The van der Waals surface area contributed by atoms with Gasteiger partial charge in [0.2, 0.25) is 0 Å². The lowest BCUT2D eigenvalue weighted by molar-refractivity contribution is 0.0424. The number of ether oxygens (including phenoxy) is 1. The van der Waals surface area contributed by atoms with Crippen molar-refractivity contribution in [3.05, 3.63) is 52.5 Å². The van der Waals surface area contributed by atoms with E-state index in [2.05, 4.69) is 10.6 Å². The Morgan fingerprint density at radius 1 is 1.36 bits per heavy atom. The number of hydrogen-bond acceptors (Lipinski definition) is 5. The summed E-state index contributed by atoms with van der Waals surface area (Å²) in [7, 11) is 1.46. The van der Waals surface area contributed by atoms with Gasteiger partial charge in [-0.2, -0.15) is 0 Å². The highest BCUT2D eigenvalue weighted by atomic mass is 35.5. The van der Waals surface area contributed by atoms with Gasteiger partial charge in [-0.25, -0.2) is 15.2 Å². The molecule has 1 aliphatic rings. The Bertz CT molecular complexity index is 932. The van der Waals surface area contributed by atoms with Crippen molar-refractivity contribution in [2.45, 2.75) is 32.9 Å². The Kier molecular flexibility index (Phi) is 5.33. The minimum Gasteiger partial charge on any atom is -0.496 e. The first-order chi connectivity index (χ1) is 13.2. The SMILES string of the molecule is COc1cc(Cl)ccc1C(=O)N(NC(=O)N1C=Cc2oncc2C1)C(C)(C)C. The number of methoxy groups -OCH3 is 1. The summed E-state index contributed by atoms with van der Waals surface area (Å²) >= 11 is 5.99. The van der Waals surface area contributed by atoms with E-state index < -0.39 is 17.5 Å². The molecule has 2 aromatic rings. The molecule has 8 nitrogen and oxygen atoms in total. The van der Waals surface area contributed by atoms with E-state index in [1.165, 1.54) is 17.0 Å². The van der Waals surface area contributed by atoms with Crippen LogP contribution in [0.4, 0.5) is 4.79 Å². The average Bonchev–Trinajstić information content (AvgIpc) is 3.12. The largest absolute Gasteiger partial charge is 0.496 e. The van der Waals surface area contributed by atoms with Crippen molar-refractivity contribution in [1.82, 2.24) is 20.5 Å². The predicted molar refractivity (Wildman–Crippen MR) is 104 cm³/mol. The number of halogens is 1. The average molecular weight is 405 g/mol. The quantitative estimate of drug-likeness (QED) is 0.771. The van der Waals surface area contributed by atoms with Crippen LogP contribution in [0.5, 0.6) is 5.75 Å². The summed E-state index contributed by atoms with van der Waals surface area (Å²) in [6.07, 6.45) is 4.79. The van der Waals surface area contributed by atoms with Crippen LogP contribution in [0.3, 0.4) is 0 Å². The van der Waals surface area contributed by atoms with Crippen LogP contribution < -0.4 is 10.2 Å². The van der Waals surface area contributed by atoms with E-state index in [-0.39, 0.29) is 12.1 Å². The first-order valence-electron chi connectivity index (χ1n) is 8.58. The van der Waals surface area contributed by atoms with Crippen LogP contribution >= 0.6 is 11.6 Å². The van der Waals surface area contributed by atoms with Gasteiger partial charge in [0.15, 0.2) is 5.76 Å². The summed E-state index contributed by atoms with van der Waals surface area (Å²) in [6, 6.07) is 4.26. The molecule has 9 heteroatoms. The summed E-state index contributed by atoms with van der Waals surface area (Å²) in [6.45, 7) is 5.74. The zero-order valence-electron chi connectivity index (χ0n) is 16.0. The number of rotatable bonds is 2. The number of fused-ring (bicyclic) bond motifs is 1. The maximum atomic E-state index is 13.2. The fourth-order valence-corrected chi connectivity index (χ4v) is 2.87. The van der Waals surface area contributed by atoms with E-state index in [0.717, 1.165) is 5.56 Å². The van der Waals surface area contributed by atoms with Gasteiger partial charge < -0.3 is 9.26 Å². The van der Waals surface area contributed by atoms with E-state index in [9.17, 15) is 9.59 Å². The van der Waals surface area contributed by atoms with Gasteiger partial charge in [0.1, 0.15) is 5.75 Å². The molecule has 0 radical (unpaired) electrons. The molecule has 0 saturated heterocycles. The van der Waals surface area contributed by atoms with Gasteiger partial charge in [0, 0.05) is 22.9 Å². The van der Waals surface area contributed by atoms with Gasteiger partial charge in [-0.3, -0.25) is 9.69 Å². The standard InChI is InChI=1S/C19H21ClN4O4/c1-19(2,3)24(17(25)14-6-5-13(20)9-16(14)27-4)22-18(26)23-8-7-15-12(11-23)10-21-28-15/h5-10H,11H2,1-4H3,(H,22,26). The molecule has 0 atom stereocenters. The molecule has 1 aromatic heterocycles. The number of nitrogens with zero attached hydrogens (tertiary/aromatic N) is 3. The highest BCUT2D eigenvalue weighted by Crippen LogP contribution is 2.26. The van der Waals surface area contributed by atoms with E-state index in [1.54, 1.807) is 36.7 Å². The van der Waals surface area contributed by atoms with Crippen molar-refractivity contribution in [2.75, 3.05) is 7.11 Å². The van der Waals surface area contributed by atoms with Crippen LogP contribution in [0.1, 0.15) is 42.5 Å². The van der Waals surface area contributed by atoms with Crippen molar-refractivity contribution in [2.24, 2.45) is 0 Å². The summed E-state index contributed by atoms with van der Waals surface area (Å²) in [5.74, 6) is 0.521. The molecule has 3 amide bonds. The topological polar surface area (TPSA) is 87.9 Å². The van der Waals surface area contributed by atoms with Crippen molar-refractivity contribution < 1.29 is 18.8 Å². The molecule has 0 unspecified atom stereocenters. The summed E-state index contributed by atoms with van der Waals surface area (Å²) in [4.78, 5) is 27.4. The molecule has 28 heavy (non-hydrogen) atoms. The van der Waals surface area contributed by atoms with Crippen LogP contribution in [0, 0.1) is 0 Å². The van der Waals surface area contributed by atoms with Gasteiger partial charge >= 0.3 is 6.03 Å². The molecule has 0 aliphatic carbocycles. The highest BCUT2D eigenvalue weighted by Gasteiger charge is 2.32. The highest BCUT2D eigenvalue weighted by molar-refractivity contribution is 6.30. The van der Waals surface area contributed by atoms with Crippen LogP contribution in [0.2, 0.25) is 5.02 Å². The third kappa shape index (κ3) is 3.96. The van der Waals surface area contributed by atoms with Crippen LogP contribution in [-0.4, -0.2) is 39.7 Å². The first kappa shape index (κ1) is 19.8. The molecule has 0 bridgehead atoms. The number of carbonyl (C=O) groups is 2. The normalized spacial score (nSPS) is 13.1. The van der Waals surface area contributed by atoms with Crippen molar-refractivity contribution in [3.8, 4) is 5.75 Å². The van der Waals surface area contributed by atoms with Gasteiger partial charge in [0.25, 0.3) is 5.91 Å². The number of aromatic nitrogens is 1. The predicted octanol–water partition coefficient (Wildman–Crippen LogP) is 3.69. The number of nitrogens with one attached hydrogen (secondary N) is 1. The van der Waals surface area contributed by atoms with E-state index >= 15 is 0 Å². The van der Waals surface area contributed by atoms with E-state index in [1.807, 2.05) is 20.8 Å². The summed E-state index contributed by atoms with van der Waals surface area (Å²) < 4.78 is 10.3. The Hall–Kier alpha value is -3.00. The monoisotopic (exact) mass is 404 g/mol. The minimum absolute atomic E-state index is 0.289. The molecule has 1 aromatic carbocycles. The second-order valence-electron chi connectivity index (χ2n) is 7.23. The second kappa shape index (κ2) is 7.55.